The Morgan fingerprint density at radius 3 is 1.25 bits per heavy atom. The summed E-state index contributed by atoms with van der Waals surface area (Å²) in [4.78, 5) is 61.4. The van der Waals surface area contributed by atoms with Gasteiger partial charge in [-0.1, -0.05) is 17.8 Å². The number of terminal acetylenes is 3. The van der Waals surface area contributed by atoms with Gasteiger partial charge in [-0.05, 0) is 32.1 Å². The van der Waals surface area contributed by atoms with Gasteiger partial charge in [-0.2, -0.15) is 0 Å². The van der Waals surface area contributed by atoms with Crippen molar-refractivity contribution in [2.45, 2.75) is 63.3 Å². The van der Waals surface area contributed by atoms with Gasteiger partial charge in [0.05, 0.1) is 66.1 Å². The van der Waals surface area contributed by atoms with Crippen LogP contribution in [-0.2, 0) is 56.7 Å². The van der Waals surface area contributed by atoms with Crippen LogP contribution in [0.25, 0.3) is 0 Å². The highest BCUT2D eigenvalue weighted by molar-refractivity contribution is 7.51. The Kier molecular flexibility index (Phi) is 32.7. The van der Waals surface area contributed by atoms with Gasteiger partial charge in [0.25, 0.3) is 0 Å². The van der Waals surface area contributed by atoms with Crippen LogP contribution in [0.15, 0.2) is 0 Å². The van der Waals surface area contributed by atoms with E-state index in [1.807, 2.05) is 0 Å². The Labute approximate surface area is 326 Å². The molecule has 0 aliphatic heterocycles. The molecule has 1 unspecified atom stereocenters. The summed E-state index contributed by atoms with van der Waals surface area (Å²) in [5.41, 5.74) is -1.12. The highest BCUT2D eigenvalue weighted by Crippen LogP contribution is 2.36. The molecule has 18 heteroatoms. The van der Waals surface area contributed by atoms with Gasteiger partial charge in [-0.3, -0.25) is 23.7 Å². The average molecular weight is 801 g/mol. The fourth-order valence-electron chi connectivity index (χ4n) is 4.71. The van der Waals surface area contributed by atoms with Crippen molar-refractivity contribution in [2.75, 3.05) is 112 Å². The van der Waals surface area contributed by atoms with Crippen molar-refractivity contribution in [3.63, 3.8) is 0 Å². The molecule has 0 aromatic carbocycles. The quantitative estimate of drug-likeness (QED) is 0.0330. The Morgan fingerprint density at radius 2 is 0.909 bits per heavy atom. The van der Waals surface area contributed by atoms with Gasteiger partial charge in [0.1, 0.15) is 19.8 Å². The topological polar surface area (TPSA) is 218 Å². The van der Waals surface area contributed by atoms with Gasteiger partial charge in [0, 0.05) is 57.5 Å². The third-order valence-corrected chi connectivity index (χ3v) is 8.07. The minimum atomic E-state index is -3.65. The predicted molar refractivity (Wildman–Crippen MR) is 205 cm³/mol. The SMILES string of the molecule is C#CCOCCOCCNC(=O)CCC(CCC(=O)NCCOCCOCC#C)(CCC(=O)NCCOCCOCC#C)NC(=O)CCCCOP(C)(=O)O. The van der Waals surface area contributed by atoms with Gasteiger partial charge in [-0.15, -0.1) is 19.3 Å². The monoisotopic (exact) mass is 800 g/mol. The Bertz CT molecular complexity index is 1130. The van der Waals surface area contributed by atoms with E-state index < -0.39 is 13.1 Å². The molecule has 0 saturated heterocycles. The summed E-state index contributed by atoms with van der Waals surface area (Å²) in [6, 6.07) is 0. The van der Waals surface area contributed by atoms with Crippen LogP contribution < -0.4 is 21.3 Å². The molecule has 0 aliphatic rings. The standard InChI is InChI=1S/C37H61N4O13P/c1-5-20-48-27-30-51-24-17-38-33(42)11-14-37(41-36(45)10-8-9-23-54-55(4,46)47,15-12-34(43)39-18-25-52-31-28-49-21-6-2)16-13-35(44)40-19-26-53-32-29-50-22-7-3/h1-3H,8-32H2,4H3,(H,38,42)(H,39,43)(H,40,44)(H,41,45)(H,46,47). The molecule has 0 rings (SSSR count). The molecule has 55 heavy (non-hydrogen) atoms. The van der Waals surface area contributed by atoms with Crippen molar-refractivity contribution in [3.8, 4) is 37.0 Å². The van der Waals surface area contributed by atoms with E-state index in [-0.39, 0.29) is 134 Å². The van der Waals surface area contributed by atoms with E-state index in [0.717, 1.165) is 6.66 Å². The van der Waals surface area contributed by atoms with Crippen LogP contribution in [0.5, 0.6) is 0 Å². The number of carbonyl (C=O) groups excluding carboxylic acids is 4. The maximum Gasteiger partial charge on any atom is 0.325 e. The van der Waals surface area contributed by atoms with Crippen LogP contribution in [0.4, 0.5) is 0 Å². The smallest absolute Gasteiger partial charge is 0.325 e. The molecule has 17 nitrogen and oxygen atoms in total. The van der Waals surface area contributed by atoms with Crippen molar-refractivity contribution in [3.05, 3.63) is 0 Å². The van der Waals surface area contributed by atoms with Crippen LogP contribution in [-0.4, -0.2) is 146 Å². The largest absolute Gasteiger partial charge is 0.377 e. The second-order valence-electron chi connectivity index (χ2n) is 12.1. The van der Waals surface area contributed by atoms with E-state index in [1.54, 1.807) is 0 Å². The Balaban J connectivity index is 5.55. The number of amides is 4. The summed E-state index contributed by atoms with van der Waals surface area (Å²) < 4.78 is 48.1. The zero-order valence-corrected chi connectivity index (χ0v) is 33.1. The summed E-state index contributed by atoms with van der Waals surface area (Å²) in [5, 5.41) is 11.4. The molecule has 5 N–H and O–H groups in total. The van der Waals surface area contributed by atoms with Gasteiger partial charge in [0.15, 0.2) is 0 Å². The van der Waals surface area contributed by atoms with Gasteiger partial charge in [0.2, 0.25) is 23.6 Å². The van der Waals surface area contributed by atoms with Crippen molar-refractivity contribution in [1.29, 1.82) is 0 Å². The number of hydrogen-bond donors (Lipinski definition) is 5. The van der Waals surface area contributed by atoms with Gasteiger partial charge >= 0.3 is 7.60 Å². The normalized spacial score (nSPS) is 12.1. The summed E-state index contributed by atoms with van der Waals surface area (Å²) >= 11 is 0. The molecule has 0 aliphatic carbocycles. The van der Waals surface area contributed by atoms with Gasteiger partial charge in [-0.25, -0.2) is 0 Å². The second kappa shape index (κ2) is 34.9. The second-order valence-corrected chi connectivity index (χ2v) is 13.9. The molecule has 312 valence electrons. The van der Waals surface area contributed by atoms with Crippen LogP contribution >= 0.6 is 7.60 Å². The highest BCUT2D eigenvalue weighted by Gasteiger charge is 2.33. The van der Waals surface area contributed by atoms with E-state index in [4.69, 9.17) is 52.2 Å². The summed E-state index contributed by atoms with van der Waals surface area (Å²) in [5.74, 6) is 5.78. The van der Waals surface area contributed by atoms with Crippen LogP contribution in [0.1, 0.15) is 57.8 Å². The molecule has 1 atom stereocenters. The third kappa shape index (κ3) is 34.7. The third-order valence-electron chi connectivity index (χ3n) is 7.40. The summed E-state index contributed by atoms with van der Waals surface area (Å²) in [7, 11) is -3.65. The Hall–Kier alpha value is -3.53. The first-order valence-corrected chi connectivity index (χ1v) is 20.3. The van der Waals surface area contributed by atoms with Crippen molar-refractivity contribution < 1.29 is 61.6 Å². The maximum atomic E-state index is 13.3. The van der Waals surface area contributed by atoms with Crippen molar-refractivity contribution in [1.82, 2.24) is 21.3 Å². The lowest BCUT2D eigenvalue weighted by Crippen LogP contribution is -2.50. The number of hydrogen-bond acceptors (Lipinski definition) is 12. The average Bonchev–Trinajstić information content (AvgIpc) is 3.14. The van der Waals surface area contributed by atoms with Crippen molar-refractivity contribution in [2.24, 2.45) is 0 Å². The van der Waals surface area contributed by atoms with E-state index in [1.165, 1.54) is 0 Å². The van der Waals surface area contributed by atoms with Crippen LogP contribution in [0.2, 0.25) is 0 Å². The fourth-order valence-corrected chi connectivity index (χ4v) is 5.17. The van der Waals surface area contributed by atoms with Crippen molar-refractivity contribution >= 4 is 31.2 Å². The molecule has 0 saturated carbocycles. The lowest BCUT2D eigenvalue weighted by atomic mass is 9.83. The molecule has 0 spiro atoms. The molecule has 0 aromatic rings. The molecule has 0 fully saturated rings. The maximum absolute atomic E-state index is 13.3. The molecule has 4 amide bonds. The molecule has 0 radical (unpaired) electrons. The summed E-state index contributed by atoms with van der Waals surface area (Å²) in [6.45, 7) is 4.90. The first kappa shape index (κ1) is 51.5. The summed E-state index contributed by atoms with van der Waals surface area (Å²) in [6.07, 6.45) is 16.5. The number of rotatable bonds is 37. The van der Waals surface area contributed by atoms with E-state index in [2.05, 4.69) is 39.0 Å². The molecule has 0 bridgehead atoms. The first-order valence-electron chi connectivity index (χ1n) is 18.3. The number of carbonyl (C=O) groups is 4. The molecule has 0 aromatic heterocycles. The Morgan fingerprint density at radius 1 is 0.545 bits per heavy atom. The zero-order chi connectivity index (χ0) is 40.9. The zero-order valence-electron chi connectivity index (χ0n) is 32.2. The molecular formula is C37H61N4O13P. The van der Waals surface area contributed by atoms with E-state index >= 15 is 0 Å². The number of ether oxygens (including phenoxy) is 6. The molecule has 0 heterocycles. The minimum absolute atomic E-state index is 0.00580. The van der Waals surface area contributed by atoms with Gasteiger partial charge < -0.3 is 59.1 Å². The van der Waals surface area contributed by atoms with E-state index in [9.17, 15) is 28.6 Å². The first-order chi connectivity index (χ1) is 26.5. The lowest BCUT2D eigenvalue weighted by Gasteiger charge is -2.35. The number of unbranched alkanes of at least 4 members (excludes halogenated alkanes) is 1. The fraction of sp³-hybridized carbons (Fsp3) is 0.730. The highest BCUT2D eigenvalue weighted by atomic mass is 31.2. The van der Waals surface area contributed by atoms with E-state index in [0.29, 0.717) is 52.5 Å². The lowest BCUT2D eigenvalue weighted by molar-refractivity contribution is -0.127. The minimum Gasteiger partial charge on any atom is -0.377 e. The molecular weight excluding hydrogens is 739 g/mol. The van der Waals surface area contributed by atoms with Crippen LogP contribution in [0, 0.1) is 37.0 Å². The van der Waals surface area contributed by atoms with Crippen LogP contribution in [0.3, 0.4) is 0 Å². The number of nitrogens with one attached hydrogen (secondary N) is 4. The predicted octanol–water partition coefficient (Wildman–Crippen LogP) is 0.532.